The summed E-state index contributed by atoms with van der Waals surface area (Å²) in [4.78, 5) is 0. The molecule has 0 aromatic heterocycles. The van der Waals surface area contributed by atoms with Gasteiger partial charge in [0.2, 0.25) is 0 Å². The SMILES string of the molecule is CC(C)[C@@H](C)CC[C@@H](C)[C@H]1CC=C2C3=C(CC[C@@]21C)[C@@]1(C)CC[C@H](O)C[C@@H]1CC3. The molecule has 1 nitrogen and oxygen atoms in total. The third kappa shape index (κ3) is 3.58. The first kappa shape index (κ1) is 21.7. The Morgan fingerprint density at radius 2 is 1.76 bits per heavy atom. The second kappa shape index (κ2) is 7.85. The maximum atomic E-state index is 10.2. The standard InChI is InChI=1S/C28H46O/c1-18(2)19(3)7-8-20(4)24-11-12-25-23-10-9-21-17-22(29)13-15-27(21,5)26(23)14-16-28(24,25)6/h12,18-22,24,29H,7-11,13-17H2,1-6H3/t19-,20+,21-,22-,24+,27-,28+/m0/s1. The van der Waals surface area contributed by atoms with E-state index in [2.05, 4.69) is 47.6 Å². The minimum Gasteiger partial charge on any atom is -0.393 e. The lowest BCUT2D eigenvalue weighted by molar-refractivity contribution is 0.0225. The molecule has 29 heavy (non-hydrogen) atoms. The fourth-order valence-electron chi connectivity index (χ4n) is 7.79. The fraction of sp³-hybridized carbons (Fsp3) is 0.857. The van der Waals surface area contributed by atoms with Gasteiger partial charge in [-0.2, -0.15) is 0 Å². The zero-order valence-corrected chi connectivity index (χ0v) is 20.1. The predicted octanol–water partition coefficient (Wildman–Crippen LogP) is 7.70. The van der Waals surface area contributed by atoms with Crippen molar-refractivity contribution in [3.63, 3.8) is 0 Å². The first-order valence-corrected chi connectivity index (χ1v) is 12.8. The third-order valence-electron chi connectivity index (χ3n) is 10.4. The molecule has 0 radical (unpaired) electrons. The van der Waals surface area contributed by atoms with Crippen LogP contribution < -0.4 is 0 Å². The summed E-state index contributed by atoms with van der Waals surface area (Å²) in [7, 11) is 0. The molecular weight excluding hydrogens is 352 g/mol. The van der Waals surface area contributed by atoms with Crippen LogP contribution in [0.4, 0.5) is 0 Å². The van der Waals surface area contributed by atoms with E-state index >= 15 is 0 Å². The van der Waals surface area contributed by atoms with Gasteiger partial charge in [0.15, 0.2) is 0 Å². The van der Waals surface area contributed by atoms with Crippen molar-refractivity contribution in [1.29, 1.82) is 0 Å². The summed E-state index contributed by atoms with van der Waals surface area (Å²) < 4.78 is 0. The van der Waals surface area contributed by atoms with Crippen LogP contribution in [0.2, 0.25) is 0 Å². The van der Waals surface area contributed by atoms with Crippen LogP contribution in [0.25, 0.3) is 0 Å². The lowest BCUT2D eigenvalue weighted by Gasteiger charge is -2.54. The molecule has 1 saturated carbocycles. The molecule has 1 fully saturated rings. The fourth-order valence-corrected chi connectivity index (χ4v) is 7.79. The Bertz CT molecular complexity index is 684. The second-order valence-corrected chi connectivity index (χ2v) is 12.2. The van der Waals surface area contributed by atoms with Gasteiger partial charge in [-0.25, -0.2) is 0 Å². The molecule has 4 aliphatic carbocycles. The third-order valence-corrected chi connectivity index (χ3v) is 10.4. The summed E-state index contributed by atoms with van der Waals surface area (Å²) in [6.07, 6.45) is 15.2. The predicted molar refractivity (Wildman–Crippen MR) is 124 cm³/mol. The van der Waals surface area contributed by atoms with Gasteiger partial charge >= 0.3 is 0 Å². The van der Waals surface area contributed by atoms with Crippen LogP contribution in [0.15, 0.2) is 22.8 Å². The second-order valence-electron chi connectivity index (χ2n) is 12.2. The van der Waals surface area contributed by atoms with E-state index in [1.165, 1.54) is 51.4 Å². The van der Waals surface area contributed by atoms with Gasteiger partial charge in [-0.1, -0.05) is 66.0 Å². The highest BCUT2D eigenvalue weighted by molar-refractivity contribution is 5.49. The normalized spacial score (nSPS) is 41.5. The summed E-state index contributed by atoms with van der Waals surface area (Å²) >= 11 is 0. The van der Waals surface area contributed by atoms with Crippen LogP contribution in [0.5, 0.6) is 0 Å². The van der Waals surface area contributed by atoms with Crippen molar-refractivity contribution in [3.05, 3.63) is 22.8 Å². The Kier molecular flexibility index (Phi) is 5.86. The molecule has 0 unspecified atom stereocenters. The van der Waals surface area contributed by atoms with Crippen LogP contribution in [-0.2, 0) is 0 Å². The monoisotopic (exact) mass is 398 g/mol. The first-order chi connectivity index (χ1) is 13.7. The van der Waals surface area contributed by atoms with Crippen LogP contribution in [0.1, 0.15) is 106 Å². The van der Waals surface area contributed by atoms with E-state index < -0.39 is 0 Å². The van der Waals surface area contributed by atoms with Crippen molar-refractivity contribution < 1.29 is 5.11 Å². The number of hydrogen-bond donors (Lipinski definition) is 1. The molecule has 0 aromatic rings. The van der Waals surface area contributed by atoms with Crippen molar-refractivity contribution in [2.75, 3.05) is 0 Å². The minimum absolute atomic E-state index is 0.0479. The highest BCUT2D eigenvalue weighted by Crippen LogP contribution is 2.64. The zero-order chi connectivity index (χ0) is 21.0. The van der Waals surface area contributed by atoms with Gasteiger partial charge in [0.05, 0.1) is 6.10 Å². The Labute approximate surface area is 180 Å². The molecule has 0 aromatic carbocycles. The molecule has 7 atom stereocenters. The van der Waals surface area contributed by atoms with E-state index in [1.807, 2.05) is 5.57 Å². The topological polar surface area (TPSA) is 20.2 Å². The largest absolute Gasteiger partial charge is 0.393 e. The molecular formula is C28H46O. The minimum atomic E-state index is -0.0479. The Hall–Kier alpha value is -0.560. The number of hydrogen-bond acceptors (Lipinski definition) is 1. The van der Waals surface area contributed by atoms with E-state index in [1.54, 1.807) is 11.1 Å². The van der Waals surface area contributed by atoms with Crippen LogP contribution in [0, 0.1) is 40.4 Å². The van der Waals surface area contributed by atoms with Crippen molar-refractivity contribution in [2.24, 2.45) is 40.4 Å². The lowest BCUT2D eigenvalue weighted by Crippen LogP contribution is -2.44. The lowest BCUT2D eigenvalue weighted by atomic mass is 9.51. The summed E-state index contributed by atoms with van der Waals surface area (Å²) in [5.41, 5.74) is 6.13. The number of aliphatic hydroxyl groups excluding tert-OH is 1. The molecule has 0 spiro atoms. The van der Waals surface area contributed by atoms with Crippen molar-refractivity contribution in [2.45, 2.75) is 112 Å². The molecule has 4 rings (SSSR count). The van der Waals surface area contributed by atoms with E-state index in [0.717, 1.165) is 36.5 Å². The summed E-state index contributed by atoms with van der Waals surface area (Å²) in [5, 5.41) is 10.2. The van der Waals surface area contributed by atoms with Gasteiger partial charge in [-0.15, -0.1) is 0 Å². The highest BCUT2D eigenvalue weighted by atomic mass is 16.3. The Morgan fingerprint density at radius 1 is 1.00 bits per heavy atom. The van der Waals surface area contributed by atoms with Gasteiger partial charge in [-0.3, -0.25) is 0 Å². The van der Waals surface area contributed by atoms with E-state index in [9.17, 15) is 5.11 Å². The van der Waals surface area contributed by atoms with Gasteiger partial charge in [0.1, 0.15) is 0 Å². The maximum absolute atomic E-state index is 10.2. The zero-order valence-electron chi connectivity index (χ0n) is 20.1. The molecule has 1 N–H and O–H groups in total. The van der Waals surface area contributed by atoms with E-state index in [0.29, 0.717) is 16.7 Å². The molecule has 0 aliphatic heterocycles. The number of allylic oxidation sites excluding steroid dienone is 4. The molecule has 0 bridgehead atoms. The summed E-state index contributed by atoms with van der Waals surface area (Å²) in [6, 6.07) is 0. The van der Waals surface area contributed by atoms with Crippen LogP contribution in [0.3, 0.4) is 0 Å². The maximum Gasteiger partial charge on any atom is 0.0543 e. The summed E-state index contributed by atoms with van der Waals surface area (Å²) in [5.74, 6) is 4.03. The van der Waals surface area contributed by atoms with Gasteiger partial charge in [0.25, 0.3) is 0 Å². The Balaban J connectivity index is 1.53. The van der Waals surface area contributed by atoms with Gasteiger partial charge < -0.3 is 5.11 Å². The smallest absolute Gasteiger partial charge is 0.0543 e. The molecule has 164 valence electrons. The number of rotatable bonds is 5. The van der Waals surface area contributed by atoms with Crippen molar-refractivity contribution in [3.8, 4) is 0 Å². The molecule has 0 heterocycles. The Morgan fingerprint density at radius 3 is 2.48 bits per heavy atom. The van der Waals surface area contributed by atoms with Crippen LogP contribution >= 0.6 is 0 Å². The molecule has 0 amide bonds. The first-order valence-electron chi connectivity index (χ1n) is 12.8. The highest BCUT2D eigenvalue weighted by Gasteiger charge is 2.52. The molecule has 1 heteroatoms. The van der Waals surface area contributed by atoms with Gasteiger partial charge in [0, 0.05) is 0 Å². The number of aliphatic hydroxyl groups is 1. The number of fused-ring (bicyclic) bond motifs is 4. The molecule has 0 saturated heterocycles. The quantitative estimate of drug-likeness (QED) is 0.503. The van der Waals surface area contributed by atoms with Crippen molar-refractivity contribution in [1.82, 2.24) is 0 Å². The van der Waals surface area contributed by atoms with E-state index in [-0.39, 0.29) is 6.10 Å². The average molecular weight is 399 g/mol. The van der Waals surface area contributed by atoms with Crippen LogP contribution in [-0.4, -0.2) is 11.2 Å². The van der Waals surface area contributed by atoms with Crippen molar-refractivity contribution >= 4 is 0 Å². The molecule has 4 aliphatic rings. The van der Waals surface area contributed by atoms with E-state index in [4.69, 9.17) is 0 Å². The average Bonchev–Trinajstić information content (AvgIpc) is 3.03. The summed E-state index contributed by atoms with van der Waals surface area (Å²) in [6.45, 7) is 14.9. The van der Waals surface area contributed by atoms with Gasteiger partial charge in [-0.05, 0) is 103 Å².